The van der Waals surface area contributed by atoms with Gasteiger partial charge >= 0.3 is 0 Å². The molecule has 0 aliphatic heterocycles. The van der Waals surface area contributed by atoms with Crippen molar-refractivity contribution in [1.82, 2.24) is 0 Å². The van der Waals surface area contributed by atoms with Crippen molar-refractivity contribution in [3.63, 3.8) is 0 Å². The number of allylic oxidation sites excluding steroid dienone is 2. The summed E-state index contributed by atoms with van der Waals surface area (Å²) in [6.45, 7) is 2.17. The number of halogens is 1. The van der Waals surface area contributed by atoms with Gasteiger partial charge in [0.25, 0.3) is 0 Å². The lowest BCUT2D eigenvalue weighted by atomic mass is 9.91. The lowest BCUT2D eigenvalue weighted by Gasteiger charge is -2.20. The zero-order valence-electron chi connectivity index (χ0n) is 5.97. The molecule has 1 aliphatic rings. The highest BCUT2D eigenvalue weighted by atomic mass is 79.9. The molecule has 0 amide bonds. The van der Waals surface area contributed by atoms with E-state index in [1.165, 1.54) is 0 Å². The fourth-order valence-electron chi connectivity index (χ4n) is 1.14. The van der Waals surface area contributed by atoms with Crippen molar-refractivity contribution in [2.75, 3.05) is 0 Å². The van der Waals surface area contributed by atoms with Crippen molar-refractivity contribution in [3.05, 3.63) is 11.6 Å². The van der Waals surface area contributed by atoms with E-state index in [0.29, 0.717) is 10.7 Å². The molecule has 0 saturated carbocycles. The van der Waals surface area contributed by atoms with Crippen LogP contribution < -0.4 is 0 Å². The van der Waals surface area contributed by atoms with Crippen LogP contribution in [0.3, 0.4) is 0 Å². The Hall–Kier alpha value is -0.290. The molecule has 0 heterocycles. The van der Waals surface area contributed by atoms with Crippen LogP contribution in [-0.4, -0.2) is 4.83 Å². The standard InChI is InChI=1S/C8H10BrN/c1-6-4-7(5-10)2-3-8(6)9/h2,6,8H,3-4H2,1H3. The third kappa shape index (κ3) is 1.60. The number of alkyl halides is 1. The topological polar surface area (TPSA) is 23.8 Å². The van der Waals surface area contributed by atoms with Crippen LogP contribution >= 0.6 is 15.9 Å². The number of hydrogen-bond donors (Lipinski definition) is 0. The molecule has 0 aromatic rings. The minimum atomic E-state index is 0.574. The van der Waals surface area contributed by atoms with Crippen molar-refractivity contribution in [2.45, 2.75) is 24.6 Å². The van der Waals surface area contributed by atoms with Gasteiger partial charge in [-0.05, 0) is 18.8 Å². The second-order valence-electron chi connectivity index (χ2n) is 2.77. The van der Waals surface area contributed by atoms with Gasteiger partial charge in [0.1, 0.15) is 0 Å². The van der Waals surface area contributed by atoms with Gasteiger partial charge in [-0.3, -0.25) is 0 Å². The third-order valence-corrected chi connectivity index (χ3v) is 3.17. The van der Waals surface area contributed by atoms with Gasteiger partial charge in [0.05, 0.1) is 6.07 Å². The molecule has 0 fully saturated rings. The Morgan fingerprint density at radius 1 is 1.80 bits per heavy atom. The molecule has 2 unspecified atom stereocenters. The van der Waals surface area contributed by atoms with E-state index in [9.17, 15) is 0 Å². The molecule has 1 rings (SSSR count). The van der Waals surface area contributed by atoms with Gasteiger partial charge < -0.3 is 0 Å². The van der Waals surface area contributed by atoms with Crippen LogP contribution in [0.4, 0.5) is 0 Å². The van der Waals surface area contributed by atoms with Gasteiger partial charge in [-0.15, -0.1) is 0 Å². The fraction of sp³-hybridized carbons (Fsp3) is 0.625. The summed E-state index contributed by atoms with van der Waals surface area (Å²) in [6.07, 6.45) is 3.97. The maximum atomic E-state index is 8.56. The highest BCUT2D eigenvalue weighted by Gasteiger charge is 2.18. The monoisotopic (exact) mass is 199 g/mol. The van der Waals surface area contributed by atoms with Gasteiger partial charge in [0.2, 0.25) is 0 Å². The van der Waals surface area contributed by atoms with Gasteiger partial charge in [0, 0.05) is 10.4 Å². The molecule has 0 saturated heterocycles. The summed E-state index contributed by atoms with van der Waals surface area (Å²) >= 11 is 3.56. The Morgan fingerprint density at radius 3 is 3.00 bits per heavy atom. The zero-order valence-corrected chi connectivity index (χ0v) is 7.56. The Kier molecular flexibility index (Phi) is 2.50. The Morgan fingerprint density at radius 2 is 2.50 bits per heavy atom. The first-order valence-corrected chi connectivity index (χ1v) is 4.39. The lowest BCUT2D eigenvalue weighted by Crippen LogP contribution is -2.14. The van der Waals surface area contributed by atoms with Gasteiger partial charge in [-0.1, -0.05) is 28.9 Å². The summed E-state index contributed by atoms with van der Waals surface area (Å²) in [5, 5.41) is 8.56. The molecular weight excluding hydrogens is 190 g/mol. The number of nitriles is 1. The van der Waals surface area contributed by atoms with Crippen LogP contribution in [0.5, 0.6) is 0 Å². The minimum absolute atomic E-state index is 0.574. The van der Waals surface area contributed by atoms with E-state index in [2.05, 4.69) is 28.9 Å². The third-order valence-electron chi connectivity index (χ3n) is 1.89. The van der Waals surface area contributed by atoms with E-state index in [4.69, 9.17) is 5.26 Å². The Bertz CT molecular complexity index is 190. The van der Waals surface area contributed by atoms with Crippen LogP contribution in [0.2, 0.25) is 0 Å². The molecule has 1 aliphatic carbocycles. The van der Waals surface area contributed by atoms with E-state index < -0.39 is 0 Å². The van der Waals surface area contributed by atoms with Gasteiger partial charge in [0.15, 0.2) is 0 Å². The highest BCUT2D eigenvalue weighted by Crippen LogP contribution is 2.28. The normalized spacial score (nSPS) is 32.7. The van der Waals surface area contributed by atoms with Crippen LogP contribution in [0.25, 0.3) is 0 Å². The smallest absolute Gasteiger partial charge is 0.0943 e. The Balaban J connectivity index is 2.63. The maximum Gasteiger partial charge on any atom is 0.0943 e. The first-order chi connectivity index (χ1) is 4.74. The van der Waals surface area contributed by atoms with Crippen molar-refractivity contribution < 1.29 is 0 Å². The van der Waals surface area contributed by atoms with E-state index >= 15 is 0 Å². The summed E-state index contributed by atoms with van der Waals surface area (Å²) in [5.74, 6) is 0.611. The molecular formula is C8H10BrN. The van der Waals surface area contributed by atoms with Crippen molar-refractivity contribution in [2.24, 2.45) is 5.92 Å². The van der Waals surface area contributed by atoms with E-state index in [-0.39, 0.29) is 0 Å². The van der Waals surface area contributed by atoms with E-state index in [0.717, 1.165) is 18.4 Å². The van der Waals surface area contributed by atoms with Crippen LogP contribution in [0.1, 0.15) is 19.8 Å². The highest BCUT2D eigenvalue weighted by molar-refractivity contribution is 9.09. The Labute approximate surface area is 69.9 Å². The quantitative estimate of drug-likeness (QED) is 0.551. The summed E-state index contributed by atoms with van der Waals surface area (Å²) in [6, 6.07) is 2.20. The predicted octanol–water partition coefficient (Wildman–Crippen LogP) is 2.63. The van der Waals surface area contributed by atoms with Crippen molar-refractivity contribution >= 4 is 15.9 Å². The largest absolute Gasteiger partial charge is 0.193 e. The molecule has 2 atom stereocenters. The molecule has 10 heavy (non-hydrogen) atoms. The zero-order chi connectivity index (χ0) is 7.56. The summed E-state index contributed by atoms with van der Waals surface area (Å²) in [5.41, 5.74) is 0.947. The first-order valence-electron chi connectivity index (χ1n) is 3.47. The average molecular weight is 200 g/mol. The van der Waals surface area contributed by atoms with Crippen LogP contribution in [0.15, 0.2) is 11.6 Å². The molecule has 0 spiro atoms. The summed E-state index contributed by atoms with van der Waals surface area (Å²) in [7, 11) is 0. The first kappa shape index (κ1) is 7.81. The lowest BCUT2D eigenvalue weighted by molar-refractivity contribution is 0.539. The molecule has 2 heteroatoms. The second kappa shape index (κ2) is 3.21. The number of nitrogens with zero attached hydrogens (tertiary/aromatic N) is 1. The van der Waals surface area contributed by atoms with E-state index in [1.54, 1.807) is 0 Å². The molecule has 0 aromatic carbocycles. The number of hydrogen-bond acceptors (Lipinski definition) is 1. The molecule has 1 nitrogen and oxygen atoms in total. The summed E-state index contributed by atoms with van der Waals surface area (Å²) in [4.78, 5) is 0.574. The van der Waals surface area contributed by atoms with Gasteiger partial charge in [-0.25, -0.2) is 0 Å². The molecule has 0 aromatic heterocycles. The summed E-state index contributed by atoms with van der Waals surface area (Å²) < 4.78 is 0. The second-order valence-corrected chi connectivity index (χ2v) is 3.95. The van der Waals surface area contributed by atoms with Crippen LogP contribution in [0, 0.1) is 17.2 Å². The molecule has 0 bridgehead atoms. The maximum absolute atomic E-state index is 8.56. The molecule has 0 radical (unpaired) electrons. The van der Waals surface area contributed by atoms with Crippen LogP contribution in [-0.2, 0) is 0 Å². The van der Waals surface area contributed by atoms with Crippen molar-refractivity contribution in [3.8, 4) is 6.07 Å². The average Bonchev–Trinajstić information content (AvgIpc) is 1.95. The van der Waals surface area contributed by atoms with Gasteiger partial charge in [-0.2, -0.15) is 5.26 Å². The predicted molar refractivity (Wildman–Crippen MR) is 44.8 cm³/mol. The fourth-order valence-corrected chi connectivity index (χ4v) is 1.51. The van der Waals surface area contributed by atoms with Crippen molar-refractivity contribution in [1.29, 1.82) is 5.26 Å². The minimum Gasteiger partial charge on any atom is -0.193 e. The molecule has 0 N–H and O–H groups in total. The number of rotatable bonds is 0. The van der Waals surface area contributed by atoms with E-state index in [1.807, 2.05) is 6.08 Å². The SMILES string of the molecule is CC1CC(C#N)=CCC1Br. The molecule has 54 valence electrons.